The fourth-order valence-corrected chi connectivity index (χ4v) is 2.63. The molecule has 0 aliphatic heterocycles. The lowest BCUT2D eigenvalue weighted by Gasteiger charge is -2.12. The fraction of sp³-hybridized carbons (Fsp3) is 0.538. The second-order valence-corrected chi connectivity index (χ2v) is 4.91. The molecule has 0 atom stereocenters. The summed E-state index contributed by atoms with van der Waals surface area (Å²) >= 11 is 0. The Morgan fingerprint density at radius 2 is 1.89 bits per heavy atom. The Kier molecular flexibility index (Phi) is 3.04. The monoisotopic (exact) mass is 244 g/mol. The van der Waals surface area contributed by atoms with Crippen molar-refractivity contribution in [2.75, 3.05) is 0 Å². The molecule has 0 aromatic carbocycles. The van der Waals surface area contributed by atoms with Crippen molar-refractivity contribution in [2.45, 2.75) is 44.4 Å². The first kappa shape index (κ1) is 11.3. The molecule has 1 N–H and O–H groups in total. The molecule has 2 heterocycles. The van der Waals surface area contributed by atoms with Crippen LogP contribution >= 0.6 is 0 Å². The molecule has 2 aromatic rings. The smallest absolute Gasteiger partial charge is 0.267 e. The van der Waals surface area contributed by atoms with Crippen molar-refractivity contribution in [1.82, 2.24) is 20.2 Å². The van der Waals surface area contributed by atoms with Crippen molar-refractivity contribution in [2.24, 2.45) is 0 Å². The van der Waals surface area contributed by atoms with Crippen LogP contribution in [0.5, 0.6) is 0 Å². The summed E-state index contributed by atoms with van der Waals surface area (Å²) in [6, 6.07) is 0. The normalized spacial score (nSPS) is 17.8. The average molecular weight is 244 g/mol. The molecule has 5 heteroatoms. The highest BCUT2D eigenvalue weighted by Gasteiger charge is 2.17. The molecular formula is C13H16N4O. The first-order valence-corrected chi connectivity index (χ1v) is 6.55. The van der Waals surface area contributed by atoms with Gasteiger partial charge < -0.3 is 0 Å². The van der Waals surface area contributed by atoms with E-state index >= 15 is 0 Å². The summed E-state index contributed by atoms with van der Waals surface area (Å²) in [5.74, 6) is 1.31. The van der Waals surface area contributed by atoms with Gasteiger partial charge in [0.1, 0.15) is 5.82 Å². The molecular weight excluding hydrogens is 228 g/mol. The highest BCUT2D eigenvalue weighted by molar-refractivity contribution is 5.75. The van der Waals surface area contributed by atoms with Gasteiger partial charge in [0.25, 0.3) is 5.56 Å². The van der Waals surface area contributed by atoms with Gasteiger partial charge in [0.15, 0.2) is 0 Å². The number of H-pyrrole nitrogens is 1. The van der Waals surface area contributed by atoms with E-state index in [9.17, 15) is 4.79 Å². The number of nitrogens with zero attached hydrogens (tertiary/aromatic N) is 3. The zero-order valence-corrected chi connectivity index (χ0v) is 10.2. The van der Waals surface area contributed by atoms with E-state index in [-0.39, 0.29) is 5.56 Å². The number of hydrogen-bond acceptors (Lipinski definition) is 4. The minimum Gasteiger partial charge on any atom is -0.267 e. The van der Waals surface area contributed by atoms with Crippen molar-refractivity contribution >= 4 is 10.9 Å². The molecule has 1 aliphatic carbocycles. The number of aromatic nitrogens is 4. The third-order valence-corrected chi connectivity index (χ3v) is 3.65. The summed E-state index contributed by atoms with van der Waals surface area (Å²) in [6.45, 7) is 0. The molecule has 3 rings (SSSR count). The Hall–Kier alpha value is -1.78. The van der Waals surface area contributed by atoms with Crippen LogP contribution in [0.4, 0.5) is 0 Å². The van der Waals surface area contributed by atoms with Crippen LogP contribution in [0.1, 0.15) is 50.3 Å². The van der Waals surface area contributed by atoms with Gasteiger partial charge in [-0.25, -0.2) is 15.1 Å². The van der Waals surface area contributed by atoms with E-state index in [4.69, 9.17) is 0 Å². The summed E-state index contributed by atoms with van der Waals surface area (Å²) < 4.78 is 0. The lowest BCUT2D eigenvalue weighted by Crippen LogP contribution is -2.11. The van der Waals surface area contributed by atoms with Gasteiger partial charge in [0, 0.05) is 12.1 Å². The van der Waals surface area contributed by atoms with Crippen LogP contribution in [0.2, 0.25) is 0 Å². The first-order valence-electron chi connectivity index (χ1n) is 6.55. The number of aromatic amines is 1. The summed E-state index contributed by atoms with van der Waals surface area (Å²) in [4.78, 5) is 20.4. The van der Waals surface area contributed by atoms with E-state index in [2.05, 4.69) is 20.2 Å². The van der Waals surface area contributed by atoms with Gasteiger partial charge >= 0.3 is 0 Å². The highest BCUT2D eigenvalue weighted by atomic mass is 16.1. The molecule has 94 valence electrons. The number of hydrogen-bond donors (Lipinski definition) is 1. The second-order valence-electron chi connectivity index (χ2n) is 4.91. The van der Waals surface area contributed by atoms with E-state index in [0.717, 1.165) is 18.7 Å². The van der Waals surface area contributed by atoms with Crippen molar-refractivity contribution in [1.29, 1.82) is 0 Å². The predicted molar refractivity (Wildman–Crippen MR) is 68.4 cm³/mol. The van der Waals surface area contributed by atoms with Crippen LogP contribution < -0.4 is 5.56 Å². The topological polar surface area (TPSA) is 71.5 Å². The quantitative estimate of drug-likeness (QED) is 0.780. The molecule has 0 amide bonds. The lowest BCUT2D eigenvalue weighted by atomic mass is 9.99. The SMILES string of the molecule is O=c1[nH]ncc2nc(C3CCCCCC3)ncc12. The highest BCUT2D eigenvalue weighted by Crippen LogP contribution is 2.29. The minimum atomic E-state index is -0.222. The Balaban J connectivity index is 1.99. The molecule has 0 bridgehead atoms. The van der Waals surface area contributed by atoms with E-state index in [1.54, 1.807) is 12.4 Å². The number of nitrogens with one attached hydrogen (secondary N) is 1. The molecule has 1 fully saturated rings. The van der Waals surface area contributed by atoms with E-state index in [1.165, 1.54) is 25.7 Å². The second kappa shape index (κ2) is 4.84. The number of rotatable bonds is 1. The summed E-state index contributed by atoms with van der Waals surface area (Å²) in [5, 5.41) is 6.70. The lowest BCUT2D eigenvalue weighted by molar-refractivity contribution is 0.562. The Labute approximate surface area is 105 Å². The van der Waals surface area contributed by atoms with Crippen LogP contribution in [0.25, 0.3) is 10.9 Å². The molecule has 18 heavy (non-hydrogen) atoms. The van der Waals surface area contributed by atoms with E-state index in [0.29, 0.717) is 16.8 Å². The van der Waals surface area contributed by atoms with Gasteiger partial charge in [-0.3, -0.25) is 4.79 Å². The third-order valence-electron chi connectivity index (χ3n) is 3.65. The van der Waals surface area contributed by atoms with Gasteiger partial charge in [-0.05, 0) is 12.8 Å². The molecule has 0 saturated heterocycles. The van der Waals surface area contributed by atoms with Gasteiger partial charge in [0.2, 0.25) is 0 Å². The summed E-state index contributed by atoms with van der Waals surface area (Å²) in [7, 11) is 0. The van der Waals surface area contributed by atoms with Crippen molar-refractivity contribution in [3.8, 4) is 0 Å². The predicted octanol–water partition coefficient (Wildman–Crippen LogP) is 2.15. The third kappa shape index (κ3) is 2.12. The van der Waals surface area contributed by atoms with E-state index < -0.39 is 0 Å². The van der Waals surface area contributed by atoms with Crippen molar-refractivity contribution < 1.29 is 0 Å². The maximum absolute atomic E-state index is 11.5. The van der Waals surface area contributed by atoms with Crippen LogP contribution in [0, 0.1) is 0 Å². The fourth-order valence-electron chi connectivity index (χ4n) is 2.63. The Bertz CT molecular complexity index is 599. The maximum atomic E-state index is 11.5. The zero-order chi connectivity index (χ0) is 12.4. The first-order chi connectivity index (χ1) is 8.84. The maximum Gasteiger partial charge on any atom is 0.275 e. The van der Waals surface area contributed by atoms with Gasteiger partial charge in [-0.1, -0.05) is 25.7 Å². The summed E-state index contributed by atoms with van der Waals surface area (Å²) in [6.07, 6.45) is 10.7. The number of fused-ring (bicyclic) bond motifs is 1. The molecule has 0 radical (unpaired) electrons. The molecule has 0 unspecified atom stereocenters. The van der Waals surface area contributed by atoms with Crippen LogP contribution in [-0.2, 0) is 0 Å². The Morgan fingerprint density at radius 3 is 2.67 bits per heavy atom. The Morgan fingerprint density at radius 1 is 1.11 bits per heavy atom. The van der Waals surface area contributed by atoms with Crippen molar-refractivity contribution in [3.63, 3.8) is 0 Å². The van der Waals surface area contributed by atoms with E-state index in [1.807, 2.05) is 0 Å². The van der Waals surface area contributed by atoms with Crippen LogP contribution in [0.15, 0.2) is 17.2 Å². The molecule has 1 saturated carbocycles. The van der Waals surface area contributed by atoms with Gasteiger partial charge in [-0.15, -0.1) is 0 Å². The standard InChI is InChI=1S/C13H16N4O/c18-13-10-7-14-12(16-11(10)8-15-17-13)9-5-3-1-2-4-6-9/h7-9H,1-6H2,(H,17,18). The van der Waals surface area contributed by atoms with Gasteiger partial charge in [-0.2, -0.15) is 5.10 Å². The molecule has 1 aliphatic rings. The van der Waals surface area contributed by atoms with Crippen molar-refractivity contribution in [3.05, 3.63) is 28.6 Å². The zero-order valence-electron chi connectivity index (χ0n) is 10.2. The largest absolute Gasteiger partial charge is 0.275 e. The molecule has 0 spiro atoms. The van der Waals surface area contributed by atoms with Crippen LogP contribution in [0.3, 0.4) is 0 Å². The summed E-state index contributed by atoms with van der Waals surface area (Å²) in [5.41, 5.74) is 0.424. The minimum absolute atomic E-state index is 0.222. The molecule has 2 aromatic heterocycles. The molecule has 5 nitrogen and oxygen atoms in total. The van der Waals surface area contributed by atoms with Gasteiger partial charge in [0.05, 0.1) is 17.1 Å². The average Bonchev–Trinajstić information content (AvgIpc) is 2.67. The van der Waals surface area contributed by atoms with Crippen LogP contribution in [-0.4, -0.2) is 20.2 Å².